The number of aromatic amines is 1. The summed E-state index contributed by atoms with van der Waals surface area (Å²) in [7, 11) is 0. The molecule has 3 aliphatic heterocycles. The van der Waals surface area contributed by atoms with Crippen LogP contribution in [-0.2, 0) is 11.2 Å². The number of hydrogen-bond acceptors (Lipinski definition) is 7. The third kappa shape index (κ3) is 5.27. The van der Waals surface area contributed by atoms with Gasteiger partial charge in [-0.25, -0.2) is 14.8 Å². The highest BCUT2D eigenvalue weighted by Crippen LogP contribution is 2.45. The lowest BCUT2D eigenvalue weighted by Crippen LogP contribution is -2.45. The molecule has 3 fully saturated rings. The van der Waals surface area contributed by atoms with Crippen LogP contribution in [0.3, 0.4) is 0 Å². The number of phenols is 1. The summed E-state index contributed by atoms with van der Waals surface area (Å²) in [5.41, 5.74) is 11.1. The minimum Gasteiger partial charge on any atom is -0.508 e. The third-order valence-electron chi connectivity index (χ3n) is 9.04. The number of benzene rings is 1. The predicted molar refractivity (Wildman–Crippen MR) is 146 cm³/mol. The van der Waals surface area contributed by atoms with Crippen molar-refractivity contribution in [3.63, 3.8) is 0 Å². The Balaban J connectivity index is 1.09. The van der Waals surface area contributed by atoms with Crippen LogP contribution < -0.4 is 10.9 Å². The van der Waals surface area contributed by atoms with E-state index in [0.717, 1.165) is 101 Å². The Labute approximate surface area is 224 Å². The van der Waals surface area contributed by atoms with Crippen LogP contribution in [0.1, 0.15) is 60.8 Å². The van der Waals surface area contributed by atoms with Crippen LogP contribution in [0.5, 0.6) is 5.75 Å². The van der Waals surface area contributed by atoms with Crippen LogP contribution >= 0.6 is 0 Å². The van der Waals surface area contributed by atoms with Gasteiger partial charge >= 0.3 is 0 Å². The van der Waals surface area contributed by atoms with Gasteiger partial charge in [-0.2, -0.15) is 0 Å². The summed E-state index contributed by atoms with van der Waals surface area (Å²) in [6.07, 6.45) is 6.81. The van der Waals surface area contributed by atoms with Gasteiger partial charge in [0.2, 0.25) is 0 Å². The average molecular weight is 525 g/mol. The minimum absolute atomic E-state index is 0.0416. The number of alkyl halides is 1. The van der Waals surface area contributed by atoms with Crippen LogP contribution in [0.25, 0.3) is 5.57 Å². The Kier molecular flexibility index (Phi) is 7.81. The van der Waals surface area contributed by atoms with Crippen LogP contribution in [-0.4, -0.2) is 89.6 Å². The highest BCUT2D eigenvalue weighted by atomic mass is 19.1. The largest absolute Gasteiger partial charge is 0.508 e. The number of halogens is 1. The summed E-state index contributed by atoms with van der Waals surface area (Å²) >= 11 is 0. The number of nitrogens with zero attached hydrogens (tertiary/aromatic N) is 3. The van der Waals surface area contributed by atoms with Gasteiger partial charge in [-0.3, -0.25) is 15.2 Å². The Morgan fingerprint density at radius 2 is 1.95 bits per heavy atom. The third-order valence-corrected chi connectivity index (χ3v) is 9.04. The van der Waals surface area contributed by atoms with Crippen LogP contribution in [0.15, 0.2) is 30.5 Å². The van der Waals surface area contributed by atoms with Gasteiger partial charge in [0, 0.05) is 51.1 Å². The van der Waals surface area contributed by atoms with Gasteiger partial charge in [0.1, 0.15) is 17.7 Å². The van der Waals surface area contributed by atoms with Crippen molar-refractivity contribution in [2.45, 2.75) is 56.8 Å². The number of imidazole rings is 1. The fourth-order valence-electron chi connectivity index (χ4n) is 6.87. The van der Waals surface area contributed by atoms with E-state index in [1.165, 1.54) is 5.57 Å². The van der Waals surface area contributed by atoms with Crippen LogP contribution in [0, 0.1) is 5.92 Å². The van der Waals surface area contributed by atoms with E-state index in [0.29, 0.717) is 0 Å². The number of ether oxygens (including phenoxy) is 1. The van der Waals surface area contributed by atoms with Gasteiger partial charge in [0.15, 0.2) is 0 Å². The molecule has 8 nitrogen and oxygen atoms in total. The quantitative estimate of drug-likeness (QED) is 0.443. The van der Waals surface area contributed by atoms with Crippen molar-refractivity contribution in [2.24, 2.45) is 5.92 Å². The standard InChI is InChI=1S/C29H41FN6O2/c1-2-19-16-21(37)5-6-22(19)23-7-8-24-27(26(23)30)33-34-28(24)29-31-17-25(32-29)20-4-3-9-36(18-20)11-10-35-12-14-38-15-13-35/h4-6,16-17,23-24,26-28,33-34,37H,2-3,7-15,18H2,1H3,(H,31,32). The molecule has 2 aromatic rings. The number of hydrazine groups is 1. The minimum atomic E-state index is -1.00. The van der Waals surface area contributed by atoms with Gasteiger partial charge in [-0.1, -0.05) is 19.1 Å². The molecule has 0 radical (unpaired) electrons. The highest BCUT2D eigenvalue weighted by molar-refractivity contribution is 5.64. The van der Waals surface area contributed by atoms with Gasteiger partial charge in [0.05, 0.1) is 37.2 Å². The van der Waals surface area contributed by atoms with Crippen molar-refractivity contribution in [1.29, 1.82) is 0 Å². The van der Waals surface area contributed by atoms with E-state index in [9.17, 15) is 5.11 Å². The number of phenolic OH excluding ortho intramolecular Hbond substituents is 1. The topological polar surface area (TPSA) is 88.7 Å². The number of morpholine rings is 1. The molecule has 4 aliphatic rings. The number of H-pyrrole nitrogens is 1. The summed E-state index contributed by atoms with van der Waals surface area (Å²) in [5.74, 6) is 1.10. The molecule has 6 rings (SSSR count). The van der Waals surface area contributed by atoms with Crippen molar-refractivity contribution < 1.29 is 14.2 Å². The maximum atomic E-state index is 15.9. The van der Waals surface area contributed by atoms with Crippen molar-refractivity contribution in [3.05, 3.63) is 53.1 Å². The smallest absolute Gasteiger partial charge is 0.125 e. The second-order valence-electron chi connectivity index (χ2n) is 11.3. The first-order valence-electron chi connectivity index (χ1n) is 14.3. The molecule has 1 saturated carbocycles. The number of aromatic nitrogens is 2. The fourth-order valence-corrected chi connectivity index (χ4v) is 6.87. The Bertz CT molecular complexity index is 1130. The molecule has 206 valence electrons. The van der Waals surface area contributed by atoms with Crippen molar-refractivity contribution in [1.82, 2.24) is 30.6 Å². The van der Waals surface area contributed by atoms with Gasteiger partial charge in [-0.05, 0) is 54.5 Å². The number of aryl methyl sites for hydroxylation is 1. The molecule has 4 heterocycles. The number of hydrogen-bond donors (Lipinski definition) is 4. The van der Waals surface area contributed by atoms with Crippen molar-refractivity contribution >= 4 is 5.57 Å². The maximum absolute atomic E-state index is 15.9. The van der Waals surface area contributed by atoms with Crippen LogP contribution in [0.2, 0.25) is 0 Å². The summed E-state index contributed by atoms with van der Waals surface area (Å²) < 4.78 is 21.4. The highest BCUT2D eigenvalue weighted by Gasteiger charge is 2.48. The molecule has 1 aromatic carbocycles. The van der Waals surface area contributed by atoms with E-state index in [2.05, 4.69) is 38.6 Å². The summed E-state index contributed by atoms with van der Waals surface area (Å²) in [6.45, 7) is 9.96. The molecule has 0 amide bonds. The maximum Gasteiger partial charge on any atom is 0.125 e. The van der Waals surface area contributed by atoms with E-state index in [1.54, 1.807) is 12.1 Å². The molecular formula is C29H41FN6O2. The van der Waals surface area contributed by atoms with E-state index >= 15 is 4.39 Å². The van der Waals surface area contributed by atoms with E-state index in [-0.39, 0.29) is 29.7 Å². The predicted octanol–water partition coefficient (Wildman–Crippen LogP) is 3.15. The fraction of sp³-hybridized carbons (Fsp3) is 0.621. The zero-order chi connectivity index (χ0) is 26.1. The Morgan fingerprint density at radius 3 is 2.79 bits per heavy atom. The first-order valence-corrected chi connectivity index (χ1v) is 14.3. The molecule has 5 unspecified atom stereocenters. The summed E-state index contributed by atoms with van der Waals surface area (Å²) in [6, 6.07) is 5.07. The molecule has 1 aromatic heterocycles. The monoisotopic (exact) mass is 524 g/mol. The second-order valence-corrected chi connectivity index (χ2v) is 11.3. The van der Waals surface area contributed by atoms with E-state index in [1.807, 2.05) is 12.3 Å². The lowest BCUT2D eigenvalue weighted by atomic mass is 9.71. The van der Waals surface area contributed by atoms with E-state index < -0.39 is 6.17 Å². The molecule has 38 heavy (non-hydrogen) atoms. The molecule has 4 N–H and O–H groups in total. The zero-order valence-electron chi connectivity index (χ0n) is 22.3. The van der Waals surface area contributed by atoms with Gasteiger partial charge in [0.25, 0.3) is 0 Å². The number of fused-ring (bicyclic) bond motifs is 1. The second kappa shape index (κ2) is 11.4. The van der Waals surface area contributed by atoms with Gasteiger partial charge in [-0.15, -0.1) is 0 Å². The van der Waals surface area contributed by atoms with Crippen molar-refractivity contribution in [2.75, 3.05) is 52.5 Å². The lowest BCUT2D eigenvalue weighted by Gasteiger charge is -2.36. The molecular weight excluding hydrogens is 483 g/mol. The van der Waals surface area contributed by atoms with Crippen molar-refractivity contribution in [3.8, 4) is 5.75 Å². The number of rotatable bonds is 7. The molecule has 0 bridgehead atoms. The first-order chi connectivity index (χ1) is 18.6. The SMILES string of the molecule is CCc1cc(O)ccc1C1CCC2C(c3ncc(C4=CCCN(CCN5CCOCC5)C4)[nH]3)NNC2C1F. The average Bonchev–Trinajstić information content (AvgIpc) is 3.61. The summed E-state index contributed by atoms with van der Waals surface area (Å²) in [5, 5.41) is 9.90. The first kappa shape index (κ1) is 26.0. The van der Waals surface area contributed by atoms with Gasteiger partial charge < -0.3 is 14.8 Å². The molecule has 1 aliphatic carbocycles. The Hall–Kier alpha value is -2.30. The molecule has 0 spiro atoms. The number of aromatic hydroxyl groups is 1. The van der Waals surface area contributed by atoms with E-state index in [4.69, 9.17) is 9.72 Å². The zero-order valence-corrected chi connectivity index (χ0v) is 22.3. The molecule has 2 saturated heterocycles. The lowest BCUT2D eigenvalue weighted by molar-refractivity contribution is 0.0339. The Morgan fingerprint density at radius 1 is 1.11 bits per heavy atom. The normalized spacial score (nSPS) is 30.8. The molecule has 9 heteroatoms. The van der Waals surface area contributed by atoms with Crippen LogP contribution in [0.4, 0.5) is 4.39 Å². The molecule has 5 atom stereocenters. The number of nitrogens with one attached hydrogen (secondary N) is 3. The summed E-state index contributed by atoms with van der Waals surface area (Å²) in [4.78, 5) is 13.4.